The number of aliphatic hydroxyl groups excluding tert-OH is 1. The first kappa shape index (κ1) is 20.3. The second-order valence-electron chi connectivity index (χ2n) is 7.88. The normalized spacial score (nSPS) is 17.2. The number of nitrogens with zero attached hydrogens (tertiary/aromatic N) is 8. The molecule has 4 aromatic rings. The van der Waals surface area contributed by atoms with Crippen LogP contribution < -0.4 is 9.64 Å². The highest BCUT2D eigenvalue weighted by Crippen LogP contribution is 2.38. The minimum absolute atomic E-state index is 0.100. The fraction of sp³-hybridized carbons (Fsp3) is 0.381. The molecule has 166 valence electrons. The summed E-state index contributed by atoms with van der Waals surface area (Å²) in [4.78, 5) is 10.6. The topological polar surface area (TPSA) is 106 Å². The van der Waals surface area contributed by atoms with Crippen LogP contribution in [0.4, 0.5) is 10.2 Å². The standard InChI is InChI=1S/C21H23FN8O2/c1-13(31)11-28-12-16(25-27-28)18-10-23-19-5-6-20(26-30(18)19)29-7-3-4-17(29)15-8-14(22)9-24-21(15)32-2/h5-6,8-10,12-13,17,31H,3-4,7,11H2,1-2H3/t13-,17-/m1/s1. The number of methoxy groups -OCH3 is 1. The van der Waals surface area contributed by atoms with Gasteiger partial charge in [0, 0.05) is 12.1 Å². The van der Waals surface area contributed by atoms with E-state index in [0.29, 0.717) is 35.0 Å². The smallest absolute Gasteiger partial charge is 0.218 e. The molecule has 1 aliphatic rings. The highest BCUT2D eigenvalue weighted by Gasteiger charge is 2.31. The molecule has 11 heteroatoms. The molecule has 0 aliphatic carbocycles. The minimum Gasteiger partial charge on any atom is -0.481 e. The molecule has 0 radical (unpaired) electrons. The van der Waals surface area contributed by atoms with Crippen LogP contribution in [0, 0.1) is 5.82 Å². The Kier molecular flexibility index (Phi) is 5.17. The Labute approximate surface area is 183 Å². The summed E-state index contributed by atoms with van der Waals surface area (Å²) in [5.74, 6) is 0.762. The zero-order valence-corrected chi connectivity index (χ0v) is 17.8. The molecule has 0 saturated carbocycles. The fourth-order valence-electron chi connectivity index (χ4n) is 4.18. The quantitative estimate of drug-likeness (QED) is 0.489. The minimum atomic E-state index is -0.530. The molecule has 5 heterocycles. The molecule has 2 atom stereocenters. The Balaban J connectivity index is 1.52. The van der Waals surface area contributed by atoms with E-state index in [4.69, 9.17) is 9.84 Å². The van der Waals surface area contributed by atoms with E-state index < -0.39 is 11.9 Å². The average Bonchev–Trinajstić information content (AvgIpc) is 3.52. The van der Waals surface area contributed by atoms with Crippen LogP contribution in [-0.2, 0) is 6.54 Å². The first-order valence-corrected chi connectivity index (χ1v) is 10.4. The van der Waals surface area contributed by atoms with E-state index in [1.165, 1.54) is 13.2 Å². The van der Waals surface area contributed by atoms with E-state index in [2.05, 4.69) is 25.2 Å². The molecule has 0 spiro atoms. The number of ether oxygens (including phenoxy) is 1. The van der Waals surface area contributed by atoms with Crippen molar-refractivity contribution in [1.82, 2.24) is 34.6 Å². The predicted molar refractivity (Wildman–Crippen MR) is 114 cm³/mol. The van der Waals surface area contributed by atoms with Gasteiger partial charge in [-0.2, -0.15) is 0 Å². The van der Waals surface area contributed by atoms with Crippen molar-refractivity contribution in [3.63, 3.8) is 0 Å². The number of anilines is 1. The summed E-state index contributed by atoms with van der Waals surface area (Å²) in [6, 6.07) is 5.18. The van der Waals surface area contributed by atoms with Crippen LogP contribution >= 0.6 is 0 Å². The van der Waals surface area contributed by atoms with Gasteiger partial charge in [0.15, 0.2) is 5.65 Å². The highest BCUT2D eigenvalue weighted by molar-refractivity contribution is 5.60. The van der Waals surface area contributed by atoms with Gasteiger partial charge in [0.1, 0.15) is 23.0 Å². The number of rotatable bonds is 6. The van der Waals surface area contributed by atoms with Crippen molar-refractivity contribution < 1.29 is 14.2 Å². The Morgan fingerprint density at radius 1 is 1.28 bits per heavy atom. The van der Waals surface area contributed by atoms with Crippen molar-refractivity contribution in [3.8, 4) is 17.3 Å². The van der Waals surface area contributed by atoms with Gasteiger partial charge in [0.2, 0.25) is 5.88 Å². The van der Waals surface area contributed by atoms with Crippen LogP contribution in [0.5, 0.6) is 5.88 Å². The first-order valence-electron chi connectivity index (χ1n) is 10.4. The number of hydrogen-bond donors (Lipinski definition) is 1. The largest absolute Gasteiger partial charge is 0.481 e. The van der Waals surface area contributed by atoms with Gasteiger partial charge in [-0.15, -0.1) is 10.2 Å². The van der Waals surface area contributed by atoms with Crippen molar-refractivity contribution in [2.24, 2.45) is 0 Å². The third-order valence-corrected chi connectivity index (χ3v) is 5.55. The van der Waals surface area contributed by atoms with Gasteiger partial charge in [-0.05, 0) is 38.0 Å². The molecule has 1 fully saturated rings. The molecule has 4 aromatic heterocycles. The van der Waals surface area contributed by atoms with E-state index in [1.807, 2.05) is 12.1 Å². The zero-order valence-electron chi connectivity index (χ0n) is 17.8. The van der Waals surface area contributed by atoms with Gasteiger partial charge in [0.05, 0.1) is 44.4 Å². The Morgan fingerprint density at radius 2 is 2.16 bits per heavy atom. The van der Waals surface area contributed by atoms with Gasteiger partial charge >= 0.3 is 0 Å². The molecule has 0 aromatic carbocycles. The second kappa shape index (κ2) is 8.15. The third kappa shape index (κ3) is 3.64. The molecule has 32 heavy (non-hydrogen) atoms. The fourth-order valence-corrected chi connectivity index (χ4v) is 4.18. The first-order chi connectivity index (χ1) is 15.5. The highest BCUT2D eigenvalue weighted by atomic mass is 19.1. The van der Waals surface area contributed by atoms with Crippen LogP contribution in [0.25, 0.3) is 17.0 Å². The second-order valence-corrected chi connectivity index (χ2v) is 7.88. The molecule has 0 unspecified atom stereocenters. The molecular weight excluding hydrogens is 415 g/mol. The lowest BCUT2D eigenvalue weighted by atomic mass is 10.1. The number of pyridine rings is 1. The summed E-state index contributed by atoms with van der Waals surface area (Å²) in [7, 11) is 1.54. The van der Waals surface area contributed by atoms with Crippen molar-refractivity contribution in [2.75, 3.05) is 18.6 Å². The molecule has 1 saturated heterocycles. The van der Waals surface area contributed by atoms with E-state index in [0.717, 1.165) is 31.4 Å². The maximum atomic E-state index is 14.0. The van der Waals surface area contributed by atoms with Gasteiger partial charge in [0.25, 0.3) is 0 Å². The lowest BCUT2D eigenvalue weighted by molar-refractivity contribution is 0.167. The Morgan fingerprint density at radius 3 is 2.97 bits per heavy atom. The number of halogens is 1. The summed E-state index contributed by atoms with van der Waals surface area (Å²) in [5, 5.41) is 22.7. The van der Waals surface area contributed by atoms with Gasteiger partial charge in [-0.25, -0.2) is 23.6 Å². The average molecular weight is 438 g/mol. The lowest BCUT2D eigenvalue weighted by Crippen LogP contribution is -2.25. The van der Waals surface area contributed by atoms with Crippen molar-refractivity contribution in [3.05, 3.63) is 48.2 Å². The summed E-state index contributed by atoms with van der Waals surface area (Å²) in [6.07, 6.45) is 5.86. The summed E-state index contributed by atoms with van der Waals surface area (Å²) in [6.45, 7) is 2.82. The number of imidazole rings is 1. The van der Waals surface area contributed by atoms with E-state index in [1.54, 1.807) is 28.5 Å². The predicted octanol–water partition coefficient (Wildman–Crippen LogP) is 2.25. The van der Waals surface area contributed by atoms with Crippen LogP contribution in [-0.4, -0.2) is 59.4 Å². The van der Waals surface area contributed by atoms with Gasteiger partial charge in [-0.3, -0.25) is 0 Å². The van der Waals surface area contributed by atoms with E-state index in [9.17, 15) is 9.50 Å². The summed E-state index contributed by atoms with van der Waals surface area (Å²) >= 11 is 0. The lowest BCUT2D eigenvalue weighted by Gasteiger charge is -2.26. The molecule has 0 amide bonds. The maximum Gasteiger partial charge on any atom is 0.218 e. The van der Waals surface area contributed by atoms with Crippen molar-refractivity contribution in [2.45, 2.75) is 38.5 Å². The van der Waals surface area contributed by atoms with E-state index >= 15 is 0 Å². The van der Waals surface area contributed by atoms with Crippen LogP contribution in [0.2, 0.25) is 0 Å². The maximum absolute atomic E-state index is 14.0. The number of aromatic nitrogens is 7. The number of fused-ring (bicyclic) bond motifs is 1. The third-order valence-electron chi connectivity index (χ3n) is 5.55. The summed E-state index contributed by atoms with van der Waals surface area (Å²) in [5.41, 5.74) is 2.68. The van der Waals surface area contributed by atoms with Crippen molar-refractivity contribution in [1.29, 1.82) is 0 Å². The van der Waals surface area contributed by atoms with Crippen LogP contribution in [0.1, 0.15) is 31.4 Å². The zero-order chi connectivity index (χ0) is 22.2. The van der Waals surface area contributed by atoms with Crippen molar-refractivity contribution >= 4 is 11.5 Å². The molecule has 10 nitrogen and oxygen atoms in total. The molecule has 1 N–H and O–H groups in total. The Bertz CT molecular complexity index is 1250. The number of aliphatic hydroxyl groups is 1. The number of hydrogen-bond acceptors (Lipinski definition) is 8. The van der Waals surface area contributed by atoms with Gasteiger partial charge < -0.3 is 14.7 Å². The molecular formula is C21H23FN8O2. The van der Waals surface area contributed by atoms with Crippen LogP contribution in [0.15, 0.2) is 36.8 Å². The van der Waals surface area contributed by atoms with Gasteiger partial charge in [-0.1, -0.05) is 5.21 Å². The molecule has 5 rings (SSSR count). The Hall–Kier alpha value is -3.60. The summed E-state index contributed by atoms with van der Waals surface area (Å²) < 4.78 is 22.7. The van der Waals surface area contributed by atoms with Crippen LogP contribution in [0.3, 0.4) is 0 Å². The van der Waals surface area contributed by atoms with E-state index in [-0.39, 0.29) is 6.04 Å². The molecule has 0 bridgehead atoms. The monoisotopic (exact) mass is 438 g/mol. The SMILES string of the molecule is COc1ncc(F)cc1[C@H]1CCCN1c1ccc2ncc(-c3cn(C[C@@H](C)O)nn3)n2n1. The molecule has 1 aliphatic heterocycles.